The summed E-state index contributed by atoms with van der Waals surface area (Å²) in [4.78, 5) is 33.6. The van der Waals surface area contributed by atoms with Crippen molar-refractivity contribution in [2.75, 3.05) is 18.4 Å². The third-order valence-electron chi connectivity index (χ3n) is 6.98. The van der Waals surface area contributed by atoms with E-state index in [0.717, 1.165) is 24.6 Å². The number of ether oxygens (including phenoxy) is 1. The van der Waals surface area contributed by atoms with Crippen LogP contribution in [0.5, 0.6) is 0 Å². The standard InChI is InChI=1S/C31H35F3N4O4.Li.H/c1-30(2,3)42-29(41)38-16-6-9-23(19-38)21-10-13-24(14-11-21)36-28-35-18-25(31(32,33)34)26(37-28)15-12-20-7-4-5-8-22(20)17-27(39)40;;/h4-5,7-8,10-11,13-14,18,23H,6,9,12,15-17,19H2,1-3H3,(H,39,40)(H,35,36,37);;. The van der Waals surface area contributed by atoms with Gasteiger partial charge in [0.05, 0.1) is 17.7 Å². The van der Waals surface area contributed by atoms with Crippen LogP contribution in [0.1, 0.15) is 67.5 Å². The summed E-state index contributed by atoms with van der Waals surface area (Å²) in [7, 11) is 0. The van der Waals surface area contributed by atoms with Crippen molar-refractivity contribution in [1.82, 2.24) is 14.9 Å². The number of carboxylic acid groups (broad SMARTS) is 1. The summed E-state index contributed by atoms with van der Waals surface area (Å²) in [5, 5.41) is 12.2. The fourth-order valence-corrected chi connectivity index (χ4v) is 5.00. The van der Waals surface area contributed by atoms with Crippen LogP contribution in [0.4, 0.5) is 29.6 Å². The number of alkyl halides is 3. The number of hydrogen-bond donors (Lipinski definition) is 2. The molecule has 0 bridgehead atoms. The SMILES string of the molecule is CC(C)(C)OC(=O)N1CCCC(c2ccc(Nc3ncc(C(F)(F)F)c(CCc4ccccc4CC(=O)O)n3)cc2)C1.[LiH]. The molecular formula is C31H36F3LiN4O4. The Morgan fingerprint density at radius 1 is 1.05 bits per heavy atom. The summed E-state index contributed by atoms with van der Waals surface area (Å²) in [6, 6.07) is 14.3. The molecule has 1 unspecified atom stereocenters. The summed E-state index contributed by atoms with van der Waals surface area (Å²) in [5.41, 5.74) is 1.20. The van der Waals surface area contributed by atoms with Crippen LogP contribution in [0.25, 0.3) is 0 Å². The maximum absolute atomic E-state index is 13.8. The van der Waals surface area contributed by atoms with Crippen LogP contribution in [0.15, 0.2) is 54.7 Å². The predicted molar refractivity (Wildman–Crippen MR) is 159 cm³/mol. The molecule has 1 aliphatic heterocycles. The van der Waals surface area contributed by atoms with Crippen LogP contribution in [0.3, 0.4) is 0 Å². The molecular weight excluding hydrogens is 556 g/mol. The van der Waals surface area contributed by atoms with Crippen molar-refractivity contribution in [1.29, 1.82) is 0 Å². The molecule has 1 aromatic heterocycles. The number of piperidine rings is 1. The minimum absolute atomic E-state index is 0. The zero-order chi connectivity index (χ0) is 30.5. The number of anilines is 2. The van der Waals surface area contributed by atoms with Crippen molar-refractivity contribution in [2.45, 2.75) is 70.6 Å². The molecule has 0 radical (unpaired) electrons. The first-order chi connectivity index (χ1) is 19.8. The van der Waals surface area contributed by atoms with Gasteiger partial charge in [0.1, 0.15) is 5.60 Å². The molecule has 0 saturated carbocycles. The molecule has 1 amide bonds. The molecule has 2 N–H and O–H groups in total. The molecule has 4 rings (SSSR count). The van der Waals surface area contributed by atoms with Crippen molar-refractivity contribution in [3.63, 3.8) is 0 Å². The van der Waals surface area contributed by atoms with E-state index in [1.807, 2.05) is 45.0 Å². The zero-order valence-corrected chi connectivity index (χ0v) is 23.9. The molecule has 2 aromatic carbocycles. The summed E-state index contributed by atoms with van der Waals surface area (Å²) in [6.07, 6.45) is -2.48. The summed E-state index contributed by atoms with van der Waals surface area (Å²) in [5.74, 6) is -0.849. The third-order valence-corrected chi connectivity index (χ3v) is 6.98. The van der Waals surface area contributed by atoms with E-state index < -0.39 is 23.3 Å². The summed E-state index contributed by atoms with van der Waals surface area (Å²) >= 11 is 0. The van der Waals surface area contributed by atoms with Gasteiger partial charge in [-0.05, 0) is 75.3 Å². The van der Waals surface area contributed by atoms with Crippen LogP contribution in [0, 0.1) is 0 Å². The number of carbonyl (C=O) groups excluding carboxylic acids is 1. The fraction of sp³-hybridized carbons (Fsp3) is 0.419. The number of aromatic nitrogens is 2. The number of likely N-dealkylation sites (tertiary alicyclic amines) is 1. The van der Waals surface area contributed by atoms with E-state index in [-0.39, 0.29) is 61.8 Å². The molecule has 226 valence electrons. The van der Waals surface area contributed by atoms with Gasteiger partial charge in [-0.3, -0.25) is 4.79 Å². The van der Waals surface area contributed by atoms with E-state index in [9.17, 15) is 22.8 Å². The van der Waals surface area contributed by atoms with Gasteiger partial charge in [0.2, 0.25) is 5.95 Å². The van der Waals surface area contributed by atoms with Gasteiger partial charge in [0, 0.05) is 30.9 Å². The predicted octanol–water partition coefficient (Wildman–Crippen LogP) is 6.12. The monoisotopic (exact) mass is 592 g/mol. The third kappa shape index (κ3) is 9.73. The molecule has 12 heteroatoms. The molecule has 1 fully saturated rings. The number of hydrogen-bond acceptors (Lipinski definition) is 6. The van der Waals surface area contributed by atoms with Gasteiger partial charge >= 0.3 is 37.1 Å². The first-order valence-electron chi connectivity index (χ1n) is 13.8. The Bertz CT molecular complexity index is 1410. The van der Waals surface area contributed by atoms with Crippen molar-refractivity contribution >= 4 is 42.6 Å². The van der Waals surface area contributed by atoms with Crippen LogP contribution >= 0.6 is 0 Å². The number of benzene rings is 2. The van der Waals surface area contributed by atoms with Gasteiger partial charge in [-0.1, -0.05) is 36.4 Å². The van der Waals surface area contributed by atoms with E-state index in [0.29, 0.717) is 29.9 Å². The van der Waals surface area contributed by atoms with E-state index >= 15 is 0 Å². The van der Waals surface area contributed by atoms with Crippen LogP contribution in [-0.2, 0) is 35.0 Å². The maximum atomic E-state index is 13.8. The van der Waals surface area contributed by atoms with Crippen LogP contribution in [-0.4, -0.2) is 69.6 Å². The van der Waals surface area contributed by atoms with Crippen molar-refractivity contribution in [3.8, 4) is 0 Å². The number of aliphatic carboxylic acids is 1. The van der Waals surface area contributed by atoms with Gasteiger partial charge < -0.3 is 20.1 Å². The van der Waals surface area contributed by atoms with E-state index in [1.54, 1.807) is 29.2 Å². The molecule has 2 heterocycles. The quantitative estimate of drug-likeness (QED) is 0.304. The molecule has 0 spiro atoms. The first kappa shape index (κ1) is 33.9. The van der Waals surface area contributed by atoms with Crippen LogP contribution in [0.2, 0.25) is 0 Å². The molecule has 3 aromatic rings. The van der Waals surface area contributed by atoms with Gasteiger partial charge in [-0.2, -0.15) is 13.2 Å². The van der Waals surface area contributed by atoms with Crippen molar-refractivity contribution < 1.29 is 32.6 Å². The first-order valence-corrected chi connectivity index (χ1v) is 13.8. The Kier molecular flexibility index (Phi) is 11.3. The second-order valence-electron chi connectivity index (χ2n) is 11.4. The Labute approximate surface area is 261 Å². The van der Waals surface area contributed by atoms with Crippen molar-refractivity contribution in [2.24, 2.45) is 0 Å². The number of carboxylic acids is 1. The second kappa shape index (κ2) is 14.3. The number of amides is 1. The summed E-state index contributed by atoms with van der Waals surface area (Å²) < 4.78 is 46.8. The number of nitrogens with zero attached hydrogens (tertiary/aromatic N) is 3. The number of rotatable bonds is 8. The minimum atomic E-state index is -4.64. The van der Waals surface area contributed by atoms with Gasteiger partial charge in [0.15, 0.2) is 0 Å². The fourth-order valence-electron chi connectivity index (χ4n) is 5.00. The number of carbonyl (C=O) groups is 2. The van der Waals surface area contributed by atoms with Gasteiger partial charge in [0.25, 0.3) is 0 Å². The molecule has 8 nitrogen and oxygen atoms in total. The number of halogens is 3. The Morgan fingerprint density at radius 3 is 2.35 bits per heavy atom. The Balaban J connectivity index is 0.00000506. The average molecular weight is 593 g/mol. The van der Waals surface area contributed by atoms with E-state index in [4.69, 9.17) is 9.84 Å². The Hall–Kier alpha value is -3.55. The molecule has 43 heavy (non-hydrogen) atoms. The molecule has 1 saturated heterocycles. The number of aryl methyl sites for hydroxylation is 2. The van der Waals surface area contributed by atoms with Gasteiger partial charge in [-0.15, -0.1) is 0 Å². The number of nitrogens with one attached hydrogen (secondary N) is 1. The molecule has 1 aliphatic rings. The van der Waals surface area contributed by atoms with Crippen molar-refractivity contribution in [3.05, 3.63) is 82.7 Å². The molecule has 0 aliphatic carbocycles. The normalized spacial score (nSPS) is 15.4. The van der Waals surface area contributed by atoms with E-state index in [1.165, 1.54) is 0 Å². The summed E-state index contributed by atoms with van der Waals surface area (Å²) in [6.45, 7) is 6.70. The zero-order valence-electron chi connectivity index (χ0n) is 23.9. The average Bonchev–Trinajstić information content (AvgIpc) is 2.91. The molecule has 1 atom stereocenters. The second-order valence-corrected chi connectivity index (χ2v) is 11.4. The Morgan fingerprint density at radius 2 is 1.72 bits per heavy atom. The topological polar surface area (TPSA) is 105 Å². The van der Waals surface area contributed by atoms with E-state index in [2.05, 4.69) is 15.3 Å². The van der Waals surface area contributed by atoms with Crippen LogP contribution < -0.4 is 5.32 Å². The van der Waals surface area contributed by atoms with Gasteiger partial charge in [-0.25, -0.2) is 14.8 Å².